The number of ether oxygens (including phenoxy) is 1. The minimum Gasteiger partial charge on any atom is -0.381 e. The Hall–Kier alpha value is -0.910. The summed E-state index contributed by atoms with van der Waals surface area (Å²) in [4.78, 5) is 5.30. The normalized spacial score (nSPS) is 20.4. The van der Waals surface area contributed by atoms with Gasteiger partial charge in [0.15, 0.2) is 0 Å². The van der Waals surface area contributed by atoms with E-state index >= 15 is 0 Å². The van der Waals surface area contributed by atoms with Gasteiger partial charge >= 0.3 is 0 Å². The van der Waals surface area contributed by atoms with E-state index in [1.807, 2.05) is 11.4 Å². The SMILES string of the molecule is Clc1csc(-c2noc([C@H]3CCOC3)n2)c1. The molecule has 1 aliphatic rings. The molecule has 0 bridgehead atoms. The third kappa shape index (κ3) is 1.86. The first-order chi connectivity index (χ1) is 7.83. The molecule has 1 fully saturated rings. The predicted molar refractivity (Wildman–Crippen MR) is 60.8 cm³/mol. The Bertz CT molecular complexity index is 490. The first-order valence-electron chi connectivity index (χ1n) is 4.98. The highest BCUT2D eigenvalue weighted by Gasteiger charge is 2.24. The molecule has 1 atom stereocenters. The number of hydrogen-bond acceptors (Lipinski definition) is 5. The summed E-state index contributed by atoms with van der Waals surface area (Å²) in [6.07, 6.45) is 0.951. The second kappa shape index (κ2) is 4.16. The second-order valence-corrected chi connectivity index (χ2v) is 4.99. The summed E-state index contributed by atoms with van der Waals surface area (Å²) in [5.41, 5.74) is 0. The maximum atomic E-state index is 5.85. The van der Waals surface area contributed by atoms with Crippen LogP contribution in [-0.2, 0) is 4.74 Å². The first kappa shape index (κ1) is 10.3. The predicted octanol–water partition coefficient (Wildman–Crippen LogP) is 2.96. The lowest BCUT2D eigenvalue weighted by Crippen LogP contribution is -1.97. The third-order valence-corrected chi connectivity index (χ3v) is 3.78. The summed E-state index contributed by atoms with van der Waals surface area (Å²) < 4.78 is 10.5. The molecule has 0 unspecified atom stereocenters. The Balaban J connectivity index is 1.87. The fraction of sp³-hybridized carbons (Fsp3) is 0.400. The average molecular weight is 257 g/mol. The molecule has 1 aliphatic heterocycles. The molecule has 0 saturated carbocycles. The highest BCUT2D eigenvalue weighted by atomic mass is 35.5. The van der Waals surface area contributed by atoms with Gasteiger partial charge < -0.3 is 9.26 Å². The van der Waals surface area contributed by atoms with Crippen molar-refractivity contribution in [2.45, 2.75) is 12.3 Å². The highest BCUT2D eigenvalue weighted by molar-refractivity contribution is 7.14. The third-order valence-electron chi connectivity index (χ3n) is 2.51. The van der Waals surface area contributed by atoms with Crippen LogP contribution in [0.25, 0.3) is 10.7 Å². The zero-order chi connectivity index (χ0) is 11.0. The molecule has 84 valence electrons. The molecule has 2 aromatic rings. The lowest BCUT2D eigenvalue weighted by molar-refractivity contribution is 0.189. The van der Waals surface area contributed by atoms with Gasteiger partial charge in [-0.1, -0.05) is 16.8 Å². The van der Waals surface area contributed by atoms with Crippen molar-refractivity contribution < 1.29 is 9.26 Å². The van der Waals surface area contributed by atoms with Crippen molar-refractivity contribution in [2.24, 2.45) is 0 Å². The smallest absolute Gasteiger partial charge is 0.232 e. The van der Waals surface area contributed by atoms with Crippen LogP contribution in [0.1, 0.15) is 18.2 Å². The van der Waals surface area contributed by atoms with E-state index in [0.29, 0.717) is 23.3 Å². The van der Waals surface area contributed by atoms with Gasteiger partial charge in [-0.2, -0.15) is 4.98 Å². The molecule has 0 amide bonds. The molecule has 6 heteroatoms. The zero-order valence-electron chi connectivity index (χ0n) is 8.35. The standard InChI is InChI=1S/C10H9ClN2O2S/c11-7-3-8(16-5-7)9-12-10(15-13-9)6-1-2-14-4-6/h3,5-6H,1-2,4H2/t6-/m0/s1. The van der Waals surface area contributed by atoms with Crippen LogP contribution < -0.4 is 0 Å². The van der Waals surface area contributed by atoms with E-state index in [9.17, 15) is 0 Å². The molecule has 0 aliphatic carbocycles. The Morgan fingerprint density at radius 2 is 2.44 bits per heavy atom. The minimum atomic E-state index is 0.247. The van der Waals surface area contributed by atoms with Crippen LogP contribution in [0.3, 0.4) is 0 Å². The molecule has 0 aromatic carbocycles. The van der Waals surface area contributed by atoms with E-state index in [4.69, 9.17) is 20.9 Å². The van der Waals surface area contributed by atoms with Gasteiger partial charge in [-0.05, 0) is 12.5 Å². The molecule has 2 aromatic heterocycles. The summed E-state index contributed by atoms with van der Waals surface area (Å²) in [6.45, 7) is 1.44. The topological polar surface area (TPSA) is 48.2 Å². The average Bonchev–Trinajstić information content (AvgIpc) is 2.97. The number of aromatic nitrogens is 2. The van der Waals surface area contributed by atoms with Crippen LogP contribution in [0, 0.1) is 0 Å². The van der Waals surface area contributed by atoms with Gasteiger partial charge in [-0.3, -0.25) is 0 Å². The fourth-order valence-electron chi connectivity index (χ4n) is 1.66. The van der Waals surface area contributed by atoms with E-state index in [1.54, 1.807) is 0 Å². The van der Waals surface area contributed by atoms with Gasteiger partial charge in [-0.25, -0.2) is 0 Å². The Morgan fingerprint density at radius 1 is 1.50 bits per heavy atom. The lowest BCUT2D eigenvalue weighted by atomic mass is 10.1. The summed E-state index contributed by atoms with van der Waals surface area (Å²) in [5.74, 6) is 1.52. The van der Waals surface area contributed by atoms with E-state index in [1.165, 1.54) is 11.3 Å². The van der Waals surface area contributed by atoms with E-state index in [-0.39, 0.29) is 5.92 Å². The first-order valence-corrected chi connectivity index (χ1v) is 6.24. The maximum absolute atomic E-state index is 5.85. The fourth-order valence-corrected chi connectivity index (χ4v) is 2.66. The number of hydrogen-bond donors (Lipinski definition) is 0. The van der Waals surface area contributed by atoms with Crippen molar-refractivity contribution in [1.29, 1.82) is 0 Å². The highest BCUT2D eigenvalue weighted by Crippen LogP contribution is 2.30. The zero-order valence-corrected chi connectivity index (χ0v) is 9.92. The molecule has 3 rings (SSSR count). The number of rotatable bonds is 2. The summed E-state index contributed by atoms with van der Waals surface area (Å²) in [6, 6.07) is 1.84. The van der Waals surface area contributed by atoms with Gasteiger partial charge in [0.05, 0.1) is 22.4 Å². The molecule has 1 saturated heterocycles. The number of nitrogens with zero attached hydrogens (tertiary/aromatic N) is 2. The summed E-state index contributed by atoms with van der Waals surface area (Å²) in [5, 5.41) is 6.51. The van der Waals surface area contributed by atoms with Crippen molar-refractivity contribution in [1.82, 2.24) is 10.1 Å². The molecular formula is C10H9ClN2O2S. The van der Waals surface area contributed by atoms with Crippen molar-refractivity contribution in [3.8, 4) is 10.7 Å². The van der Waals surface area contributed by atoms with Gasteiger partial charge in [0.25, 0.3) is 0 Å². The molecule has 4 nitrogen and oxygen atoms in total. The molecule has 3 heterocycles. The van der Waals surface area contributed by atoms with Crippen molar-refractivity contribution in [2.75, 3.05) is 13.2 Å². The van der Waals surface area contributed by atoms with Crippen LogP contribution in [-0.4, -0.2) is 23.4 Å². The van der Waals surface area contributed by atoms with E-state index in [2.05, 4.69) is 10.1 Å². The number of halogens is 1. The molecule has 16 heavy (non-hydrogen) atoms. The molecule has 0 radical (unpaired) electrons. The van der Waals surface area contributed by atoms with E-state index < -0.39 is 0 Å². The lowest BCUT2D eigenvalue weighted by Gasteiger charge is -1.97. The van der Waals surface area contributed by atoms with Gasteiger partial charge in [0.1, 0.15) is 0 Å². The van der Waals surface area contributed by atoms with Crippen molar-refractivity contribution in [3.63, 3.8) is 0 Å². The quantitative estimate of drug-likeness (QED) is 0.829. The Morgan fingerprint density at radius 3 is 3.12 bits per heavy atom. The monoisotopic (exact) mass is 256 g/mol. The van der Waals surface area contributed by atoms with E-state index in [0.717, 1.165) is 17.9 Å². The van der Waals surface area contributed by atoms with Crippen LogP contribution in [0.5, 0.6) is 0 Å². The molecule has 0 spiro atoms. The minimum absolute atomic E-state index is 0.247. The van der Waals surface area contributed by atoms with Crippen molar-refractivity contribution >= 4 is 22.9 Å². The van der Waals surface area contributed by atoms with Crippen LogP contribution in [0.2, 0.25) is 5.02 Å². The van der Waals surface area contributed by atoms with Gasteiger partial charge in [0, 0.05) is 12.0 Å². The molecular weight excluding hydrogens is 248 g/mol. The van der Waals surface area contributed by atoms with Crippen LogP contribution in [0.4, 0.5) is 0 Å². The Labute approximate surface area is 101 Å². The van der Waals surface area contributed by atoms with Crippen LogP contribution >= 0.6 is 22.9 Å². The molecule has 0 N–H and O–H groups in total. The van der Waals surface area contributed by atoms with Gasteiger partial charge in [0.2, 0.25) is 11.7 Å². The van der Waals surface area contributed by atoms with Crippen molar-refractivity contribution in [3.05, 3.63) is 22.4 Å². The second-order valence-electron chi connectivity index (χ2n) is 3.65. The Kier molecular flexibility index (Phi) is 2.67. The largest absolute Gasteiger partial charge is 0.381 e. The summed E-state index contributed by atoms with van der Waals surface area (Å²) >= 11 is 7.36. The van der Waals surface area contributed by atoms with Gasteiger partial charge in [-0.15, -0.1) is 11.3 Å². The van der Waals surface area contributed by atoms with Crippen LogP contribution in [0.15, 0.2) is 16.0 Å². The summed E-state index contributed by atoms with van der Waals surface area (Å²) in [7, 11) is 0. The maximum Gasteiger partial charge on any atom is 0.232 e. The number of thiophene rings is 1.